The molecule has 0 aliphatic carbocycles. The van der Waals surface area contributed by atoms with Gasteiger partial charge in [0.1, 0.15) is 0 Å². The molecule has 2 bridgehead atoms. The van der Waals surface area contributed by atoms with Gasteiger partial charge >= 0.3 is 0 Å². The Morgan fingerprint density at radius 1 is 0.857 bits per heavy atom. The van der Waals surface area contributed by atoms with Gasteiger partial charge in [-0.15, -0.1) is 0 Å². The molecule has 3 aromatic carbocycles. The topological polar surface area (TPSA) is 50.6 Å². The molecule has 3 aliphatic rings. The fourth-order valence-corrected chi connectivity index (χ4v) is 8.15. The summed E-state index contributed by atoms with van der Waals surface area (Å²) in [5, 5.41) is 0. The molecule has 0 N–H and O–H groups in total. The number of imidazole rings is 1. The summed E-state index contributed by atoms with van der Waals surface area (Å²) < 4.78 is 8.44. The van der Waals surface area contributed by atoms with E-state index in [0.29, 0.717) is 24.7 Å². The average Bonchev–Trinajstić information content (AvgIpc) is 3.53. The van der Waals surface area contributed by atoms with Crippen LogP contribution in [0.5, 0.6) is 6.01 Å². The molecule has 42 heavy (non-hydrogen) atoms. The van der Waals surface area contributed by atoms with E-state index < -0.39 is 0 Å². The van der Waals surface area contributed by atoms with Crippen molar-refractivity contribution in [1.29, 1.82) is 0 Å². The van der Waals surface area contributed by atoms with Crippen LogP contribution in [0.1, 0.15) is 73.8 Å². The first-order valence-electron chi connectivity index (χ1n) is 15.9. The summed E-state index contributed by atoms with van der Waals surface area (Å²) in [6.45, 7) is 5.41. The van der Waals surface area contributed by atoms with Crippen molar-refractivity contribution in [2.75, 3.05) is 26.2 Å². The lowest BCUT2D eigenvalue weighted by Crippen LogP contribution is -2.49. The lowest BCUT2D eigenvalue weighted by Gasteiger charge is -2.45. The fourth-order valence-electron chi connectivity index (χ4n) is 8.15. The Balaban J connectivity index is 1.07. The number of hydrogen-bond acceptors (Lipinski definition) is 4. The molecular formula is C36H42N4O2. The standard InChI is InChI=1S/C36H42N4O2/c1-2-42-35-37-32-15-9-10-16-33(32)40(35)31-25-29-17-18-30(26-31)39(29)24-21-36(28-13-7-4-8-14-28)19-22-38(23-20-36)34(41)27-11-5-3-6-12-27/h3-16,29-31H,2,17-26H2,1H3/t29-,30+,31?. The Morgan fingerprint density at radius 3 is 2.19 bits per heavy atom. The lowest BCUT2D eigenvalue weighted by atomic mass is 9.70. The molecule has 1 unspecified atom stereocenters. The highest BCUT2D eigenvalue weighted by Crippen LogP contribution is 2.45. The van der Waals surface area contributed by atoms with Gasteiger partial charge in [-0.3, -0.25) is 14.3 Å². The van der Waals surface area contributed by atoms with Gasteiger partial charge < -0.3 is 9.64 Å². The van der Waals surface area contributed by atoms with Gasteiger partial charge in [0.25, 0.3) is 11.9 Å². The number of fused-ring (bicyclic) bond motifs is 3. The van der Waals surface area contributed by atoms with E-state index in [4.69, 9.17) is 9.72 Å². The Labute approximate surface area is 249 Å². The number of likely N-dealkylation sites (tertiary alicyclic amines) is 1. The molecule has 3 saturated heterocycles. The third kappa shape index (κ3) is 5.00. The van der Waals surface area contributed by atoms with Gasteiger partial charge in [0, 0.05) is 36.8 Å². The maximum Gasteiger partial charge on any atom is 0.297 e. The van der Waals surface area contributed by atoms with Crippen LogP contribution in [-0.4, -0.2) is 63.6 Å². The maximum absolute atomic E-state index is 13.2. The number of aromatic nitrogens is 2. The molecule has 0 spiro atoms. The molecule has 6 heteroatoms. The van der Waals surface area contributed by atoms with Crippen molar-refractivity contribution in [2.45, 2.75) is 75.4 Å². The molecular weight excluding hydrogens is 520 g/mol. The SMILES string of the molecule is CCOc1nc2ccccc2n1C1C[C@H]2CC[C@@H](C1)N2CCC1(c2ccccc2)CCN(C(=O)c2ccccc2)CC1. The quantitative estimate of drug-likeness (QED) is 0.235. The molecule has 0 radical (unpaired) electrons. The Hall–Kier alpha value is -3.64. The summed E-state index contributed by atoms with van der Waals surface area (Å²) in [6, 6.07) is 31.7. The Morgan fingerprint density at radius 2 is 1.50 bits per heavy atom. The molecule has 0 saturated carbocycles. The number of piperidine rings is 2. The van der Waals surface area contributed by atoms with E-state index in [0.717, 1.165) is 68.8 Å². The van der Waals surface area contributed by atoms with E-state index in [9.17, 15) is 4.79 Å². The second-order valence-electron chi connectivity index (χ2n) is 12.5. The van der Waals surface area contributed by atoms with Gasteiger partial charge in [0.2, 0.25) is 0 Å². The normalized spacial score (nSPS) is 23.7. The Bertz CT molecular complexity index is 1500. The third-order valence-corrected chi connectivity index (χ3v) is 10.3. The van der Waals surface area contributed by atoms with Gasteiger partial charge in [-0.1, -0.05) is 60.7 Å². The first kappa shape index (κ1) is 27.2. The smallest absolute Gasteiger partial charge is 0.297 e. The summed E-state index contributed by atoms with van der Waals surface area (Å²) in [5.41, 5.74) is 4.55. The molecule has 4 heterocycles. The van der Waals surface area contributed by atoms with E-state index in [1.165, 1.54) is 23.9 Å². The van der Waals surface area contributed by atoms with Crippen molar-refractivity contribution >= 4 is 16.9 Å². The number of carbonyl (C=O) groups is 1. The summed E-state index contributed by atoms with van der Waals surface area (Å²) in [5.74, 6) is 0.163. The zero-order chi connectivity index (χ0) is 28.5. The zero-order valence-electron chi connectivity index (χ0n) is 24.7. The average molecular weight is 563 g/mol. The monoisotopic (exact) mass is 562 g/mol. The van der Waals surface area contributed by atoms with E-state index in [1.807, 2.05) is 37.3 Å². The summed E-state index contributed by atoms with van der Waals surface area (Å²) in [6.07, 6.45) is 8.01. The van der Waals surface area contributed by atoms with Gasteiger partial charge in [0.15, 0.2) is 0 Å². The van der Waals surface area contributed by atoms with E-state index in [1.54, 1.807) is 0 Å². The number of rotatable bonds is 8. The number of ether oxygens (including phenoxy) is 1. The van der Waals surface area contributed by atoms with E-state index in [-0.39, 0.29) is 11.3 Å². The van der Waals surface area contributed by atoms with Crippen LogP contribution < -0.4 is 4.74 Å². The molecule has 7 rings (SSSR count). The van der Waals surface area contributed by atoms with Crippen molar-refractivity contribution in [2.24, 2.45) is 0 Å². The number of carbonyl (C=O) groups excluding carboxylic acids is 1. The van der Waals surface area contributed by atoms with Crippen molar-refractivity contribution in [3.63, 3.8) is 0 Å². The minimum absolute atomic E-state index is 0.105. The van der Waals surface area contributed by atoms with Crippen molar-refractivity contribution in [3.05, 3.63) is 96.1 Å². The molecule has 3 fully saturated rings. The predicted octanol–water partition coefficient (Wildman–Crippen LogP) is 6.87. The number of amides is 1. The highest BCUT2D eigenvalue weighted by atomic mass is 16.5. The number of para-hydroxylation sites is 2. The van der Waals surface area contributed by atoms with E-state index in [2.05, 4.69) is 69.0 Å². The van der Waals surface area contributed by atoms with Crippen LogP contribution in [0, 0.1) is 0 Å². The maximum atomic E-state index is 13.2. The van der Waals surface area contributed by atoms with Crippen molar-refractivity contribution in [1.82, 2.24) is 19.4 Å². The Kier molecular flexibility index (Phi) is 7.49. The van der Waals surface area contributed by atoms with Crippen LogP contribution in [0.4, 0.5) is 0 Å². The molecule has 6 nitrogen and oxygen atoms in total. The summed E-state index contributed by atoms with van der Waals surface area (Å²) in [7, 11) is 0. The lowest BCUT2D eigenvalue weighted by molar-refractivity contribution is 0.0604. The van der Waals surface area contributed by atoms with Crippen LogP contribution in [-0.2, 0) is 5.41 Å². The van der Waals surface area contributed by atoms with Gasteiger partial charge in [-0.05, 0) is 93.7 Å². The number of nitrogens with zero attached hydrogens (tertiary/aromatic N) is 4. The minimum Gasteiger partial charge on any atom is -0.465 e. The predicted molar refractivity (Wildman–Crippen MR) is 167 cm³/mol. The van der Waals surface area contributed by atoms with Crippen LogP contribution in [0.3, 0.4) is 0 Å². The highest BCUT2D eigenvalue weighted by molar-refractivity contribution is 5.94. The molecule has 1 amide bonds. The summed E-state index contributed by atoms with van der Waals surface area (Å²) in [4.78, 5) is 23.0. The first-order chi connectivity index (χ1) is 20.6. The zero-order valence-corrected chi connectivity index (χ0v) is 24.7. The van der Waals surface area contributed by atoms with E-state index >= 15 is 0 Å². The second kappa shape index (κ2) is 11.6. The molecule has 4 aromatic rings. The summed E-state index contributed by atoms with van der Waals surface area (Å²) >= 11 is 0. The fraction of sp³-hybridized carbons (Fsp3) is 0.444. The van der Waals surface area contributed by atoms with Crippen molar-refractivity contribution < 1.29 is 9.53 Å². The van der Waals surface area contributed by atoms with Crippen molar-refractivity contribution in [3.8, 4) is 6.01 Å². The first-order valence-corrected chi connectivity index (χ1v) is 15.9. The molecule has 3 atom stereocenters. The van der Waals surface area contributed by atoms with Crippen LogP contribution in [0.15, 0.2) is 84.9 Å². The van der Waals surface area contributed by atoms with Gasteiger partial charge in [-0.2, -0.15) is 4.98 Å². The third-order valence-electron chi connectivity index (χ3n) is 10.3. The minimum atomic E-state index is 0.105. The highest BCUT2D eigenvalue weighted by Gasteiger charge is 2.44. The van der Waals surface area contributed by atoms with Gasteiger partial charge in [-0.25, -0.2) is 0 Å². The van der Waals surface area contributed by atoms with Crippen LogP contribution in [0.2, 0.25) is 0 Å². The molecule has 1 aromatic heterocycles. The number of hydrogen-bond donors (Lipinski definition) is 0. The van der Waals surface area contributed by atoms with Crippen LogP contribution >= 0.6 is 0 Å². The largest absolute Gasteiger partial charge is 0.465 e. The molecule has 3 aliphatic heterocycles. The molecule has 218 valence electrons. The van der Waals surface area contributed by atoms with Gasteiger partial charge in [0.05, 0.1) is 17.6 Å². The number of benzene rings is 3. The van der Waals surface area contributed by atoms with Crippen LogP contribution in [0.25, 0.3) is 11.0 Å². The second-order valence-corrected chi connectivity index (χ2v) is 12.5.